The Balaban J connectivity index is 2.35. The molecule has 8 heavy (non-hydrogen) atoms. The first-order valence-electron chi connectivity index (χ1n) is 2.80. The third-order valence-corrected chi connectivity index (χ3v) is 1.59. The van der Waals surface area contributed by atoms with Gasteiger partial charge in [0.05, 0.1) is 6.10 Å². The van der Waals surface area contributed by atoms with Crippen molar-refractivity contribution in [1.82, 2.24) is 0 Å². The normalized spacial score (nSPS) is 28.4. The van der Waals surface area contributed by atoms with E-state index in [0.717, 1.165) is 24.4 Å². The van der Waals surface area contributed by atoms with Crippen molar-refractivity contribution >= 4 is 12.6 Å². The molecule has 1 nitrogen and oxygen atoms in total. The molecule has 0 radical (unpaired) electrons. The van der Waals surface area contributed by atoms with Crippen LogP contribution < -0.4 is 0 Å². The summed E-state index contributed by atoms with van der Waals surface area (Å²) < 4.78 is 5.24. The van der Waals surface area contributed by atoms with E-state index in [-0.39, 0.29) is 6.10 Å². The summed E-state index contributed by atoms with van der Waals surface area (Å²) in [6.45, 7) is 4.56. The van der Waals surface area contributed by atoms with Gasteiger partial charge in [0.15, 0.2) is 0 Å². The van der Waals surface area contributed by atoms with Gasteiger partial charge >= 0.3 is 0 Å². The first kappa shape index (κ1) is 6.17. The highest BCUT2D eigenvalue weighted by Gasteiger charge is 2.15. The highest BCUT2D eigenvalue weighted by Crippen LogP contribution is 2.20. The number of hydrogen-bond acceptors (Lipinski definition) is 2. The van der Waals surface area contributed by atoms with Crippen molar-refractivity contribution in [2.75, 3.05) is 6.61 Å². The van der Waals surface area contributed by atoms with Crippen molar-refractivity contribution in [2.24, 2.45) is 0 Å². The van der Waals surface area contributed by atoms with Crippen LogP contribution in [-0.4, -0.2) is 12.7 Å². The van der Waals surface area contributed by atoms with Crippen LogP contribution in [0.2, 0.25) is 0 Å². The van der Waals surface area contributed by atoms with Crippen LogP contribution in [0.25, 0.3) is 0 Å². The van der Waals surface area contributed by atoms with Crippen LogP contribution in [0.1, 0.15) is 12.8 Å². The zero-order valence-electron chi connectivity index (χ0n) is 4.76. The highest BCUT2D eigenvalue weighted by atomic mass is 32.1. The van der Waals surface area contributed by atoms with Gasteiger partial charge in [-0.05, 0) is 12.8 Å². The average Bonchev–Trinajstić information content (AvgIpc) is 2.12. The Morgan fingerprint density at radius 1 is 1.75 bits per heavy atom. The van der Waals surface area contributed by atoms with Gasteiger partial charge in [0.25, 0.3) is 0 Å². The van der Waals surface area contributed by atoms with Crippen LogP contribution in [0.3, 0.4) is 0 Å². The van der Waals surface area contributed by atoms with E-state index in [9.17, 15) is 0 Å². The molecule has 0 bridgehead atoms. The van der Waals surface area contributed by atoms with Gasteiger partial charge in [-0.2, -0.15) is 0 Å². The fourth-order valence-electron chi connectivity index (χ4n) is 0.840. The maximum atomic E-state index is 5.24. The lowest BCUT2D eigenvalue weighted by Gasteiger charge is -2.04. The molecule has 0 aromatic carbocycles. The summed E-state index contributed by atoms with van der Waals surface area (Å²) in [5.41, 5.74) is 0. The van der Waals surface area contributed by atoms with Gasteiger partial charge in [-0.1, -0.05) is 6.58 Å². The predicted molar refractivity (Wildman–Crippen MR) is 37.1 cm³/mol. The molecule has 0 aromatic rings. The molecule has 0 aliphatic carbocycles. The van der Waals surface area contributed by atoms with Crippen molar-refractivity contribution in [3.05, 3.63) is 11.5 Å². The lowest BCUT2D eigenvalue weighted by Crippen LogP contribution is -2.02. The van der Waals surface area contributed by atoms with E-state index in [0.29, 0.717) is 0 Å². The Labute approximate surface area is 55.1 Å². The minimum Gasteiger partial charge on any atom is -0.373 e. The molecule has 0 aromatic heterocycles. The van der Waals surface area contributed by atoms with Crippen molar-refractivity contribution in [2.45, 2.75) is 18.9 Å². The van der Waals surface area contributed by atoms with Crippen LogP contribution in [0.15, 0.2) is 11.5 Å². The first-order valence-corrected chi connectivity index (χ1v) is 3.25. The molecule has 0 spiro atoms. The average molecular weight is 130 g/mol. The Hall–Kier alpha value is 0.0500. The second kappa shape index (κ2) is 2.55. The molecule has 1 aliphatic rings. The summed E-state index contributed by atoms with van der Waals surface area (Å²) >= 11 is 4.07. The second-order valence-electron chi connectivity index (χ2n) is 1.99. The fourth-order valence-corrected chi connectivity index (χ4v) is 1.04. The molecule has 1 heterocycles. The molecule has 1 unspecified atom stereocenters. The zero-order chi connectivity index (χ0) is 5.98. The Morgan fingerprint density at radius 2 is 2.50 bits per heavy atom. The van der Waals surface area contributed by atoms with E-state index >= 15 is 0 Å². The van der Waals surface area contributed by atoms with E-state index in [1.807, 2.05) is 0 Å². The summed E-state index contributed by atoms with van der Waals surface area (Å²) in [7, 11) is 0. The fraction of sp³-hybridized carbons (Fsp3) is 0.667. The van der Waals surface area contributed by atoms with Crippen LogP contribution >= 0.6 is 12.6 Å². The van der Waals surface area contributed by atoms with Gasteiger partial charge in [-0.3, -0.25) is 0 Å². The Morgan fingerprint density at radius 3 is 2.75 bits per heavy atom. The maximum absolute atomic E-state index is 5.24. The van der Waals surface area contributed by atoms with E-state index in [1.54, 1.807) is 0 Å². The highest BCUT2D eigenvalue weighted by molar-refractivity contribution is 7.84. The molecule has 1 rings (SSSR count). The summed E-state index contributed by atoms with van der Waals surface area (Å²) in [5.74, 6) is 0. The van der Waals surface area contributed by atoms with Crippen molar-refractivity contribution in [3.63, 3.8) is 0 Å². The molecular weight excluding hydrogens is 120 g/mol. The van der Waals surface area contributed by atoms with E-state index in [1.165, 1.54) is 0 Å². The number of thiol groups is 1. The van der Waals surface area contributed by atoms with Crippen LogP contribution in [0.5, 0.6) is 0 Å². The third kappa shape index (κ3) is 1.26. The predicted octanol–water partition coefficient (Wildman–Crippen LogP) is 1.61. The molecule has 46 valence electrons. The molecule has 1 fully saturated rings. The molecule has 2 heteroatoms. The SMILES string of the molecule is C=C(S)C1CCCO1. The van der Waals surface area contributed by atoms with Gasteiger partial charge in [0, 0.05) is 11.5 Å². The lowest BCUT2D eigenvalue weighted by molar-refractivity contribution is 0.143. The van der Waals surface area contributed by atoms with Gasteiger partial charge in [0.2, 0.25) is 0 Å². The molecule has 0 amide bonds. The van der Waals surface area contributed by atoms with Gasteiger partial charge in [-0.15, -0.1) is 12.6 Å². The molecule has 1 aliphatic heterocycles. The minimum absolute atomic E-state index is 0.235. The number of ether oxygens (including phenoxy) is 1. The van der Waals surface area contributed by atoms with E-state index in [4.69, 9.17) is 4.74 Å². The summed E-state index contributed by atoms with van der Waals surface area (Å²) in [4.78, 5) is 0.863. The summed E-state index contributed by atoms with van der Waals surface area (Å²) in [6, 6.07) is 0. The van der Waals surface area contributed by atoms with Gasteiger partial charge in [-0.25, -0.2) is 0 Å². The van der Waals surface area contributed by atoms with E-state index < -0.39 is 0 Å². The van der Waals surface area contributed by atoms with Crippen LogP contribution in [0, 0.1) is 0 Å². The Bertz CT molecular complexity index is 94.7. The number of hydrogen-bond donors (Lipinski definition) is 1. The third-order valence-electron chi connectivity index (χ3n) is 1.30. The van der Waals surface area contributed by atoms with E-state index in [2.05, 4.69) is 19.2 Å². The van der Waals surface area contributed by atoms with Crippen LogP contribution in [0.4, 0.5) is 0 Å². The zero-order valence-corrected chi connectivity index (χ0v) is 5.66. The van der Waals surface area contributed by atoms with Gasteiger partial charge in [0.1, 0.15) is 0 Å². The molecule has 0 N–H and O–H groups in total. The summed E-state index contributed by atoms with van der Waals surface area (Å²) in [5, 5.41) is 0. The standard InChI is InChI=1S/C6H10OS/c1-5(8)6-3-2-4-7-6/h6,8H,1-4H2. The number of rotatable bonds is 1. The lowest BCUT2D eigenvalue weighted by atomic mass is 10.2. The van der Waals surface area contributed by atoms with Gasteiger partial charge < -0.3 is 4.74 Å². The first-order chi connectivity index (χ1) is 3.80. The molecular formula is C6H10OS. The molecule has 0 saturated carbocycles. The topological polar surface area (TPSA) is 9.23 Å². The van der Waals surface area contributed by atoms with Crippen molar-refractivity contribution in [1.29, 1.82) is 0 Å². The summed E-state index contributed by atoms with van der Waals surface area (Å²) in [6.07, 6.45) is 2.49. The smallest absolute Gasteiger partial charge is 0.0875 e. The second-order valence-corrected chi connectivity index (χ2v) is 2.57. The largest absolute Gasteiger partial charge is 0.373 e. The maximum Gasteiger partial charge on any atom is 0.0875 e. The Kier molecular flexibility index (Phi) is 1.97. The van der Waals surface area contributed by atoms with Crippen molar-refractivity contribution < 1.29 is 4.74 Å². The quantitative estimate of drug-likeness (QED) is 0.530. The molecule has 1 saturated heterocycles. The molecule has 1 atom stereocenters. The van der Waals surface area contributed by atoms with Crippen molar-refractivity contribution in [3.8, 4) is 0 Å². The minimum atomic E-state index is 0.235. The van der Waals surface area contributed by atoms with Crippen LogP contribution in [-0.2, 0) is 4.74 Å². The monoisotopic (exact) mass is 130 g/mol.